The molecule has 0 aromatic heterocycles. The van der Waals surface area contributed by atoms with Gasteiger partial charge in [0.25, 0.3) is 0 Å². The number of methoxy groups -OCH3 is 1. The number of benzene rings is 3. The Morgan fingerprint density at radius 1 is 1.00 bits per heavy atom. The van der Waals surface area contributed by atoms with E-state index in [9.17, 15) is 18.0 Å². The molecule has 1 heterocycles. The molecule has 0 radical (unpaired) electrons. The van der Waals surface area contributed by atoms with Crippen LogP contribution in [0.25, 0.3) is 0 Å². The Morgan fingerprint density at radius 2 is 1.62 bits per heavy atom. The van der Waals surface area contributed by atoms with Gasteiger partial charge in [-0.25, -0.2) is 0 Å². The maximum atomic E-state index is 12.7. The number of carbonyl (C=O) groups is 1. The number of hydrogen-bond acceptors (Lipinski definition) is 4. The highest BCUT2D eigenvalue weighted by Crippen LogP contribution is 2.32. The zero-order chi connectivity index (χ0) is 24.1. The molecule has 1 fully saturated rings. The Labute approximate surface area is 196 Å². The van der Waals surface area contributed by atoms with Crippen molar-refractivity contribution in [3.63, 3.8) is 0 Å². The summed E-state index contributed by atoms with van der Waals surface area (Å²) in [6, 6.07) is 23.6. The first-order chi connectivity index (χ1) is 16.3. The van der Waals surface area contributed by atoms with Crippen LogP contribution >= 0.6 is 0 Å². The molecular weight excluding hydrogens is 445 g/mol. The number of amides is 1. The van der Waals surface area contributed by atoms with Crippen LogP contribution in [0.5, 0.6) is 11.5 Å². The summed E-state index contributed by atoms with van der Waals surface area (Å²) in [7, 11) is 1.45. The molecule has 34 heavy (non-hydrogen) atoms. The molecule has 0 aliphatic carbocycles. The molecule has 3 aromatic carbocycles. The first kappa shape index (κ1) is 23.6. The highest BCUT2D eigenvalue weighted by atomic mass is 19.4. The van der Waals surface area contributed by atoms with Gasteiger partial charge >= 0.3 is 6.36 Å². The molecule has 1 amide bonds. The first-order valence-electron chi connectivity index (χ1n) is 10.9. The lowest BCUT2D eigenvalue weighted by Crippen LogP contribution is -2.56. The smallest absolute Gasteiger partial charge is 0.496 e. The summed E-state index contributed by atoms with van der Waals surface area (Å²) in [5.74, 6) is -0.127. The van der Waals surface area contributed by atoms with Crippen LogP contribution in [-0.4, -0.2) is 43.4 Å². The fourth-order valence-electron chi connectivity index (χ4n) is 4.45. The van der Waals surface area contributed by atoms with E-state index in [1.54, 1.807) is 0 Å². The summed E-state index contributed by atoms with van der Waals surface area (Å²) in [5, 5.41) is 3.11. The summed E-state index contributed by atoms with van der Waals surface area (Å²) >= 11 is 0. The van der Waals surface area contributed by atoms with Crippen LogP contribution < -0.4 is 14.8 Å². The van der Waals surface area contributed by atoms with Crippen LogP contribution in [0.3, 0.4) is 0 Å². The maximum absolute atomic E-state index is 12.7. The van der Waals surface area contributed by atoms with Gasteiger partial charge < -0.3 is 14.8 Å². The number of halogens is 3. The third kappa shape index (κ3) is 5.88. The van der Waals surface area contributed by atoms with Crippen LogP contribution in [0.15, 0.2) is 78.9 Å². The van der Waals surface area contributed by atoms with Gasteiger partial charge in [0.15, 0.2) is 0 Å². The largest absolute Gasteiger partial charge is 0.573 e. The first-order valence-corrected chi connectivity index (χ1v) is 10.9. The summed E-state index contributed by atoms with van der Waals surface area (Å²) in [6.07, 6.45) is -4.79. The molecule has 1 aliphatic heterocycles. The maximum Gasteiger partial charge on any atom is 0.573 e. The number of nitrogens with zero attached hydrogens (tertiary/aromatic N) is 1. The normalized spacial score (nSPS) is 16.9. The number of ether oxygens (including phenoxy) is 2. The average molecular weight is 470 g/mol. The molecular formula is C26H25F3N2O3. The Bertz CT molecular complexity index is 1070. The lowest BCUT2D eigenvalue weighted by Gasteiger charge is -2.38. The Hall–Kier alpha value is -3.52. The standard InChI is InChI=1S/C26H25F3N2O3/c1-33-23-13-12-21(34-26(27,28)29)14-20(23)15-31-16-22(30-24(32)17-31)25(18-8-4-2-5-9-18)19-10-6-3-7-11-19/h2-14,22,25H,15-17H2,1H3,(H,30,32). The van der Waals surface area contributed by atoms with Crippen molar-refractivity contribution in [2.75, 3.05) is 20.2 Å². The van der Waals surface area contributed by atoms with Crippen LogP contribution in [0.2, 0.25) is 0 Å². The minimum atomic E-state index is -4.79. The Kier molecular flexibility index (Phi) is 7.07. The van der Waals surface area contributed by atoms with E-state index < -0.39 is 6.36 Å². The van der Waals surface area contributed by atoms with E-state index in [0.29, 0.717) is 17.9 Å². The molecule has 1 unspecified atom stereocenters. The Morgan fingerprint density at radius 3 is 2.18 bits per heavy atom. The fourth-order valence-corrected chi connectivity index (χ4v) is 4.45. The molecule has 0 saturated carbocycles. The summed E-state index contributed by atoms with van der Waals surface area (Å²) in [6.45, 7) is 0.868. The second-order valence-corrected chi connectivity index (χ2v) is 8.16. The third-order valence-corrected chi connectivity index (χ3v) is 5.77. The highest BCUT2D eigenvalue weighted by molar-refractivity contribution is 5.79. The van der Waals surface area contributed by atoms with Crippen LogP contribution in [0, 0.1) is 0 Å². The van der Waals surface area contributed by atoms with Gasteiger partial charge in [0.05, 0.1) is 19.7 Å². The van der Waals surface area contributed by atoms with E-state index in [1.165, 1.54) is 25.3 Å². The molecule has 3 aromatic rings. The van der Waals surface area contributed by atoms with Gasteiger partial charge in [-0.3, -0.25) is 9.69 Å². The number of alkyl halides is 3. The van der Waals surface area contributed by atoms with Gasteiger partial charge in [-0.05, 0) is 29.3 Å². The van der Waals surface area contributed by atoms with Crippen LogP contribution in [0.4, 0.5) is 13.2 Å². The molecule has 4 rings (SSSR count). The van der Waals surface area contributed by atoms with E-state index in [1.807, 2.05) is 65.6 Å². The number of rotatable bonds is 7. The van der Waals surface area contributed by atoms with Crippen molar-refractivity contribution in [2.24, 2.45) is 0 Å². The lowest BCUT2D eigenvalue weighted by atomic mass is 9.84. The molecule has 1 aliphatic rings. The summed E-state index contributed by atoms with van der Waals surface area (Å²) in [4.78, 5) is 14.6. The monoisotopic (exact) mass is 470 g/mol. The van der Waals surface area contributed by atoms with Crippen molar-refractivity contribution in [1.82, 2.24) is 10.2 Å². The van der Waals surface area contributed by atoms with Crippen molar-refractivity contribution in [3.8, 4) is 11.5 Å². The Balaban J connectivity index is 1.61. The fraction of sp³-hybridized carbons (Fsp3) is 0.269. The van der Waals surface area contributed by atoms with E-state index >= 15 is 0 Å². The van der Waals surface area contributed by atoms with Gasteiger partial charge in [0, 0.05) is 24.6 Å². The van der Waals surface area contributed by atoms with Gasteiger partial charge in [-0.2, -0.15) is 0 Å². The molecule has 1 saturated heterocycles. The van der Waals surface area contributed by atoms with Gasteiger partial charge in [-0.1, -0.05) is 60.7 Å². The summed E-state index contributed by atoms with van der Waals surface area (Å²) < 4.78 is 47.6. The zero-order valence-corrected chi connectivity index (χ0v) is 18.6. The molecule has 1 atom stereocenters. The van der Waals surface area contributed by atoms with Crippen molar-refractivity contribution < 1.29 is 27.4 Å². The van der Waals surface area contributed by atoms with Crippen molar-refractivity contribution in [1.29, 1.82) is 0 Å². The molecule has 8 heteroatoms. The van der Waals surface area contributed by atoms with Crippen molar-refractivity contribution in [2.45, 2.75) is 24.9 Å². The van der Waals surface area contributed by atoms with E-state index in [4.69, 9.17) is 4.74 Å². The SMILES string of the molecule is COc1ccc(OC(F)(F)F)cc1CN1CC(=O)NC(C(c2ccccc2)c2ccccc2)C1. The van der Waals surface area contributed by atoms with E-state index in [-0.39, 0.29) is 36.7 Å². The number of carbonyl (C=O) groups excluding carboxylic acids is 1. The molecule has 5 nitrogen and oxygen atoms in total. The predicted molar refractivity (Wildman–Crippen MR) is 122 cm³/mol. The second-order valence-electron chi connectivity index (χ2n) is 8.16. The van der Waals surface area contributed by atoms with Gasteiger partial charge in [-0.15, -0.1) is 13.2 Å². The average Bonchev–Trinajstić information content (AvgIpc) is 2.79. The van der Waals surface area contributed by atoms with Gasteiger partial charge in [0.2, 0.25) is 5.91 Å². The molecule has 0 bridgehead atoms. The van der Waals surface area contributed by atoms with Crippen LogP contribution in [0.1, 0.15) is 22.6 Å². The summed E-state index contributed by atoms with van der Waals surface area (Å²) in [5.41, 5.74) is 2.65. The van der Waals surface area contributed by atoms with Crippen LogP contribution in [-0.2, 0) is 11.3 Å². The highest BCUT2D eigenvalue weighted by Gasteiger charge is 2.34. The molecule has 0 spiro atoms. The molecule has 178 valence electrons. The van der Waals surface area contributed by atoms with Crippen molar-refractivity contribution >= 4 is 5.91 Å². The zero-order valence-electron chi connectivity index (χ0n) is 18.6. The van der Waals surface area contributed by atoms with E-state index in [0.717, 1.165) is 11.1 Å². The quantitative estimate of drug-likeness (QED) is 0.543. The topological polar surface area (TPSA) is 50.8 Å². The lowest BCUT2D eigenvalue weighted by molar-refractivity contribution is -0.274. The predicted octanol–water partition coefficient (Wildman–Crippen LogP) is 4.73. The number of hydrogen-bond donors (Lipinski definition) is 1. The minimum absolute atomic E-state index is 0.0871. The second kappa shape index (κ2) is 10.2. The number of piperazine rings is 1. The number of nitrogens with one attached hydrogen (secondary N) is 1. The van der Waals surface area contributed by atoms with Gasteiger partial charge in [0.1, 0.15) is 11.5 Å². The van der Waals surface area contributed by atoms with E-state index in [2.05, 4.69) is 10.1 Å². The third-order valence-electron chi connectivity index (χ3n) is 5.77. The minimum Gasteiger partial charge on any atom is -0.496 e. The van der Waals surface area contributed by atoms with Crippen molar-refractivity contribution in [3.05, 3.63) is 95.6 Å². The molecule has 1 N–H and O–H groups in total.